The normalized spacial score (nSPS) is 15.3. The maximum atomic E-state index is 6.04. The predicted octanol–water partition coefficient (Wildman–Crippen LogP) is 3.52. The molecule has 0 saturated heterocycles. The van der Waals surface area contributed by atoms with Crippen LogP contribution < -0.4 is 11.1 Å². The highest BCUT2D eigenvalue weighted by atomic mass is 35.5. The molecule has 1 aromatic carbocycles. The van der Waals surface area contributed by atoms with Crippen molar-refractivity contribution in [2.75, 3.05) is 17.6 Å². The number of halogens is 1. The molecule has 0 bridgehead atoms. The highest BCUT2D eigenvalue weighted by molar-refractivity contribution is 6.33. The van der Waals surface area contributed by atoms with Gasteiger partial charge in [0.1, 0.15) is 0 Å². The van der Waals surface area contributed by atoms with Crippen molar-refractivity contribution in [3.05, 3.63) is 23.2 Å². The average molecular weight is 225 g/mol. The molecule has 0 heterocycles. The Morgan fingerprint density at radius 1 is 1.40 bits per heavy atom. The fourth-order valence-corrected chi connectivity index (χ4v) is 1.95. The Morgan fingerprint density at radius 3 is 2.87 bits per heavy atom. The van der Waals surface area contributed by atoms with E-state index in [0.29, 0.717) is 10.7 Å². The maximum absolute atomic E-state index is 6.04. The van der Waals surface area contributed by atoms with Crippen LogP contribution in [0.25, 0.3) is 0 Å². The number of hydrogen-bond acceptors (Lipinski definition) is 2. The molecule has 1 aliphatic rings. The third kappa shape index (κ3) is 3.31. The second-order valence-electron chi connectivity index (χ2n) is 4.25. The Labute approximate surface area is 95.8 Å². The van der Waals surface area contributed by atoms with Crippen LogP contribution in [0.4, 0.5) is 11.4 Å². The quantitative estimate of drug-likeness (QED) is 0.593. The van der Waals surface area contributed by atoms with Gasteiger partial charge in [-0.15, -0.1) is 0 Å². The Kier molecular flexibility index (Phi) is 3.37. The van der Waals surface area contributed by atoms with Crippen molar-refractivity contribution >= 4 is 23.0 Å². The van der Waals surface area contributed by atoms with E-state index in [0.717, 1.165) is 18.2 Å². The lowest BCUT2D eigenvalue weighted by atomic mass is 10.2. The number of hydrogen-bond donors (Lipinski definition) is 2. The second-order valence-corrected chi connectivity index (χ2v) is 4.66. The molecule has 3 N–H and O–H groups in total. The topological polar surface area (TPSA) is 38.0 Å². The molecule has 1 aromatic rings. The number of nitrogens with one attached hydrogen (secondary N) is 1. The molecule has 0 atom stereocenters. The molecule has 0 unspecified atom stereocenters. The van der Waals surface area contributed by atoms with Gasteiger partial charge < -0.3 is 11.1 Å². The standard InChI is InChI=1S/C12H17ClN2/c13-11-8-10(14)5-6-12(11)15-7-1-2-9-3-4-9/h5-6,8-9,15H,1-4,7,14H2. The number of anilines is 2. The lowest BCUT2D eigenvalue weighted by Gasteiger charge is -2.08. The van der Waals surface area contributed by atoms with Gasteiger partial charge in [0.25, 0.3) is 0 Å². The van der Waals surface area contributed by atoms with Gasteiger partial charge in [-0.2, -0.15) is 0 Å². The zero-order chi connectivity index (χ0) is 10.7. The molecule has 82 valence electrons. The molecule has 0 amide bonds. The van der Waals surface area contributed by atoms with Crippen molar-refractivity contribution in [2.45, 2.75) is 25.7 Å². The van der Waals surface area contributed by atoms with Gasteiger partial charge in [0, 0.05) is 12.2 Å². The lowest BCUT2D eigenvalue weighted by Crippen LogP contribution is -2.02. The average Bonchev–Trinajstić information content (AvgIpc) is 2.99. The number of nitrogens with two attached hydrogens (primary N) is 1. The van der Waals surface area contributed by atoms with E-state index in [9.17, 15) is 0 Å². The first-order valence-electron chi connectivity index (χ1n) is 5.54. The van der Waals surface area contributed by atoms with E-state index in [-0.39, 0.29) is 0 Å². The largest absolute Gasteiger partial charge is 0.399 e. The van der Waals surface area contributed by atoms with Crippen LogP contribution in [0.1, 0.15) is 25.7 Å². The van der Waals surface area contributed by atoms with E-state index in [1.165, 1.54) is 25.7 Å². The summed E-state index contributed by atoms with van der Waals surface area (Å²) in [4.78, 5) is 0. The first-order valence-corrected chi connectivity index (χ1v) is 5.92. The van der Waals surface area contributed by atoms with Gasteiger partial charge >= 0.3 is 0 Å². The van der Waals surface area contributed by atoms with Crippen LogP contribution in [0.2, 0.25) is 5.02 Å². The summed E-state index contributed by atoms with van der Waals surface area (Å²) in [6.45, 7) is 1.00. The van der Waals surface area contributed by atoms with E-state index in [1.54, 1.807) is 6.07 Å². The smallest absolute Gasteiger partial charge is 0.0657 e. The Balaban J connectivity index is 1.76. The monoisotopic (exact) mass is 224 g/mol. The molecule has 0 spiro atoms. The van der Waals surface area contributed by atoms with Gasteiger partial charge in [0.05, 0.1) is 10.7 Å². The third-order valence-corrected chi connectivity index (χ3v) is 3.11. The van der Waals surface area contributed by atoms with Crippen molar-refractivity contribution in [2.24, 2.45) is 5.92 Å². The minimum absolute atomic E-state index is 0.710. The lowest BCUT2D eigenvalue weighted by molar-refractivity contribution is 0.687. The van der Waals surface area contributed by atoms with Gasteiger partial charge in [0.2, 0.25) is 0 Å². The fourth-order valence-electron chi connectivity index (χ4n) is 1.70. The first-order chi connectivity index (χ1) is 7.25. The number of benzene rings is 1. The third-order valence-electron chi connectivity index (χ3n) is 2.79. The van der Waals surface area contributed by atoms with E-state index in [1.807, 2.05) is 12.1 Å². The minimum Gasteiger partial charge on any atom is -0.399 e. The summed E-state index contributed by atoms with van der Waals surface area (Å²) in [5, 5.41) is 4.05. The summed E-state index contributed by atoms with van der Waals surface area (Å²) in [5.41, 5.74) is 7.32. The van der Waals surface area contributed by atoms with Crippen LogP contribution in [0.3, 0.4) is 0 Å². The van der Waals surface area contributed by atoms with Gasteiger partial charge in [-0.1, -0.05) is 24.4 Å². The van der Waals surface area contributed by atoms with Crippen LogP contribution >= 0.6 is 11.6 Å². The second kappa shape index (κ2) is 4.75. The van der Waals surface area contributed by atoms with E-state index >= 15 is 0 Å². The molecule has 1 fully saturated rings. The molecule has 0 aromatic heterocycles. The fraction of sp³-hybridized carbons (Fsp3) is 0.500. The predicted molar refractivity (Wildman–Crippen MR) is 66.3 cm³/mol. The Morgan fingerprint density at radius 2 is 2.20 bits per heavy atom. The number of rotatable bonds is 5. The van der Waals surface area contributed by atoms with Crippen LogP contribution in [0.15, 0.2) is 18.2 Å². The SMILES string of the molecule is Nc1ccc(NCCCC2CC2)c(Cl)c1. The van der Waals surface area contributed by atoms with Crippen molar-refractivity contribution < 1.29 is 0 Å². The van der Waals surface area contributed by atoms with Crippen molar-refractivity contribution in [3.63, 3.8) is 0 Å². The summed E-state index contributed by atoms with van der Waals surface area (Å²) in [6.07, 6.45) is 5.44. The maximum Gasteiger partial charge on any atom is 0.0657 e. The minimum atomic E-state index is 0.710. The van der Waals surface area contributed by atoms with E-state index in [4.69, 9.17) is 17.3 Å². The van der Waals surface area contributed by atoms with Gasteiger partial charge in [-0.25, -0.2) is 0 Å². The van der Waals surface area contributed by atoms with Gasteiger partial charge in [-0.3, -0.25) is 0 Å². The van der Waals surface area contributed by atoms with Crippen molar-refractivity contribution in [1.29, 1.82) is 0 Å². The summed E-state index contributed by atoms with van der Waals surface area (Å²) >= 11 is 6.04. The van der Waals surface area contributed by atoms with Crippen LogP contribution in [-0.4, -0.2) is 6.54 Å². The summed E-state index contributed by atoms with van der Waals surface area (Å²) < 4.78 is 0. The molecule has 0 radical (unpaired) electrons. The summed E-state index contributed by atoms with van der Waals surface area (Å²) in [5.74, 6) is 1.01. The van der Waals surface area contributed by atoms with Crippen LogP contribution in [-0.2, 0) is 0 Å². The zero-order valence-electron chi connectivity index (χ0n) is 8.80. The van der Waals surface area contributed by atoms with Crippen molar-refractivity contribution in [3.8, 4) is 0 Å². The Hall–Kier alpha value is -0.890. The zero-order valence-corrected chi connectivity index (χ0v) is 9.56. The highest BCUT2D eigenvalue weighted by Crippen LogP contribution is 2.33. The van der Waals surface area contributed by atoms with Gasteiger partial charge in [-0.05, 0) is 37.0 Å². The molecular weight excluding hydrogens is 208 g/mol. The molecule has 2 nitrogen and oxygen atoms in total. The molecule has 0 aliphatic heterocycles. The van der Waals surface area contributed by atoms with E-state index in [2.05, 4.69) is 5.32 Å². The van der Waals surface area contributed by atoms with E-state index < -0.39 is 0 Å². The Bertz CT molecular complexity index is 334. The molecule has 1 aliphatic carbocycles. The molecular formula is C12H17ClN2. The van der Waals surface area contributed by atoms with Gasteiger partial charge in [0.15, 0.2) is 0 Å². The number of nitrogen functional groups attached to an aromatic ring is 1. The first kappa shape index (κ1) is 10.6. The van der Waals surface area contributed by atoms with Crippen molar-refractivity contribution in [1.82, 2.24) is 0 Å². The van der Waals surface area contributed by atoms with Crippen LogP contribution in [0, 0.1) is 5.92 Å². The molecule has 3 heteroatoms. The molecule has 1 saturated carbocycles. The summed E-state index contributed by atoms with van der Waals surface area (Å²) in [6, 6.07) is 5.59. The molecule has 2 rings (SSSR count). The molecule has 15 heavy (non-hydrogen) atoms. The van der Waals surface area contributed by atoms with Crippen LogP contribution in [0.5, 0.6) is 0 Å². The summed E-state index contributed by atoms with van der Waals surface area (Å²) in [7, 11) is 0. The highest BCUT2D eigenvalue weighted by Gasteiger charge is 2.19.